The molecule has 1 rings (SSSR count). The summed E-state index contributed by atoms with van der Waals surface area (Å²) in [6, 6.07) is -0.0450. The Bertz CT molecular complexity index is 236. The smallest absolute Gasteiger partial charge is 0.237 e. The molecule has 1 heterocycles. The Hall–Kier alpha value is -1.01. The highest BCUT2D eigenvalue weighted by atomic mass is 16.2. The van der Waals surface area contributed by atoms with Gasteiger partial charge in [0.05, 0.1) is 12.6 Å². The number of carbonyl (C=O) groups is 1. The number of terminal acetylenes is 1. The molecule has 0 bridgehead atoms. The summed E-state index contributed by atoms with van der Waals surface area (Å²) < 4.78 is 0. The minimum atomic E-state index is -0.0450. The van der Waals surface area contributed by atoms with Gasteiger partial charge in [0.25, 0.3) is 0 Å². The Morgan fingerprint density at radius 2 is 2.00 bits per heavy atom. The van der Waals surface area contributed by atoms with Crippen LogP contribution in [0.15, 0.2) is 0 Å². The molecule has 15 heavy (non-hydrogen) atoms. The van der Waals surface area contributed by atoms with Crippen molar-refractivity contribution in [1.82, 2.24) is 10.2 Å². The summed E-state index contributed by atoms with van der Waals surface area (Å²) in [5, 5.41) is 2.73. The molecule has 1 aliphatic heterocycles. The van der Waals surface area contributed by atoms with Gasteiger partial charge in [0.1, 0.15) is 0 Å². The Kier molecular flexibility index (Phi) is 5.20. The quantitative estimate of drug-likeness (QED) is 0.702. The zero-order valence-corrected chi connectivity index (χ0v) is 9.46. The summed E-state index contributed by atoms with van der Waals surface area (Å²) in [5.74, 6) is 2.47. The van der Waals surface area contributed by atoms with Crippen LogP contribution < -0.4 is 5.32 Å². The summed E-state index contributed by atoms with van der Waals surface area (Å²) in [6.45, 7) is 4.35. The fourth-order valence-corrected chi connectivity index (χ4v) is 1.93. The van der Waals surface area contributed by atoms with E-state index in [2.05, 4.69) is 16.1 Å². The Balaban J connectivity index is 2.39. The van der Waals surface area contributed by atoms with Crippen molar-refractivity contribution in [3.8, 4) is 12.3 Å². The van der Waals surface area contributed by atoms with Crippen molar-refractivity contribution >= 4 is 5.91 Å². The third-order valence-corrected chi connectivity index (χ3v) is 2.93. The van der Waals surface area contributed by atoms with Crippen LogP contribution in [0, 0.1) is 12.3 Å². The number of nitrogens with one attached hydrogen (secondary N) is 1. The third kappa shape index (κ3) is 3.93. The minimum Gasteiger partial charge on any atom is -0.344 e. The first kappa shape index (κ1) is 12.1. The van der Waals surface area contributed by atoms with E-state index in [0.29, 0.717) is 6.54 Å². The summed E-state index contributed by atoms with van der Waals surface area (Å²) in [7, 11) is 0. The molecule has 3 nitrogen and oxygen atoms in total. The lowest BCUT2D eigenvalue weighted by atomic mass is 10.2. The monoisotopic (exact) mass is 208 g/mol. The van der Waals surface area contributed by atoms with E-state index in [9.17, 15) is 4.79 Å². The topological polar surface area (TPSA) is 32.3 Å². The molecule has 0 radical (unpaired) electrons. The molecule has 1 fully saturated rings. The van der Waals surface area contributed by atoms with Gasteiger partial charge in [-0.3, -0.25) is 9.69 Å². The van der Waals surface area contributed by atoms with Gasteiger partial charge in [-0.15, -0.1) is 6.42 Å². The number of hydrogen-bond donors (Lipinski definition) is 1. The molecule has 1 unspecified atom stereocenters. The summed E-state index contributed by atoms with van der Waals surface area (Å²) >= 11 is 0. The first-order chi connectivity index (χ1) is 7.25. The molecular weight excluding hydrogens is 188 g/mol. The van der Waals surface area contributed by atoms with Crippen LogP contribution in [0.5, 0.6) is 0 Å². The highest BCUT2D eigenvalue weighted by molar-refractivity contribution is 5.81. The molecule has 84 valence electrons. The van der Waals surface area contributed by atoms with Crippen molar-refractivity contribution in [3.63, 3.8) is 0 Å². The largest absolute Gasteiger partial charge is 0.344 e. The molecule has 1 aliphatic rings. The lowest BCUT2D eigenvalue weighted by Crippen LogP contribution is -2.45. The summed E-state index contributed by atoms with van der Waals surface area (Å²) in [6.07, 6.45) is 10.1. The number of hydrogen-bond acceptors (Lipinski definition) is 2. The molecule has 0 aliphatic carbocycles. The van der Waals surface area contributed by atoms with E-state index in [1.165, 1.54) is 25.7 Å². The predicted molar refractivity (Wildman–Crippen MR) is 61.3 cm³/mol. The van der Waals surface area contributed by atoms with Crippen molar-refractivity contribution < 1.29 is 4.79 Å². The second kappa shape index (κ2) is 6.47. The first-order valence-electron chi connectivity index (χ1n) is 5.71. The number of likely N-dealkylation sites (tertiary alicyclic amines) is 1. The van der Waals surface area contributed by atoms with Gasteiger partial charge in [0.2, 0.25) is 5.91 Å². The van der Waals surface area contributed by atoms with Gasteiger partial charge in [0, 0.05) is 0 Å². The van der Waals surface area contributed by atoms with Crippen molar-refractivity contribution in [1.29, 1.82) is 0 Å². The highest BCUT2D eigenvalue weighted by Gasteiger charge is 2.21. The number of rotatable bonds is 3. The van der Waals surface area contributed by atoms with Crippen molar-refractivity contribution in [3.05, 3.63) is 0 Å². The van der Waals surface area contributed by atoms with Crippen LogP contribution in [0.3, 0.4) is 0 Å². The van der Waals surface area contributed by atoms with E-state index in [4.69, 9.17) is 6.42 Å². The van der Waals surface area contributed by atoms with E-state index in [1.807, 2.05) is 6.92 Å². The van der Waals surface area contributed by atoms with Crippen LogP contribution in [0.25, 0.3) is 0 Å². The maximum Gasteiger partial charge on any atom is 0.237 e. The maximum atomic E-state index is 11.7. The van der Waals surface area contributed by atoms with Gasteiger partial charge in [-0.05, 0) is 32.9 Å². The fourth-order valence-electron chi connectivity index (χ4n) is 1.93. The van der Waals surface area contributed by atoms with E-state index in [-0.39, 0.29) is 11.9 Å². The number of carbonyl (C=O) groups excluding carboxylic acids is 1. The summed E-state index contributed by atoms with van der Waals surface area (Å²) in [5.41, 5.74) is 0. The highest BCUT2D eigenvalue weighted by Crippen LogP contribution is 2.12. The van der Waals surface area contributed by atoms with Crippen molar-refractivity contribution in [2.24, 2.45) is 0 Å². The van der Waals surface area contributed by atoms with Crippen LogP contribution in [-0.2, 0) is 4.79 Å². The molecule has 0 saturated carbocycles. The molecule has 3 heteroatoms. The van der Waals surface area contributed by atoms with Gasteiger partial charge < -0.3 is 5.32 Å². The SMILES string of the molecule is C#CCNC(=O)C(C)N1CCCCCC1. The molecule has 0 aromatic rings. The van der Waals surface area contributed by atoms with Crippen molar-refractivity contribution in [2.45, 2.75) is 38.6 Å². The van der Waals surface area contributed by atoms with Gasteiger partial charge in [-0.25, -0.2) is 0 Å². The molecule has 0 aromatic heterocycles. The summed E-state index contributed by atoms with van der Waals surface area (Å²) in [4.78, 5) is 13.9. The molecule has 1 amide bonds. The molecule has 1 atom stereocenters. The normalized spacial score (nSPS) is 20.0. The van der Waals surface area contributed by atoms with Crippen LogP contribution in [0.1, 0.15) is 32.6 Å². The van der Waals surface area contributed by atoms with Gasteiger partial charge >= 0.3 is 0 Å². The fraction of sp³-hybridized carbons (Fsp3) is 0.750. The number of amides is 1. The van der Waals surface area contributed by atoms with E-state index in [1.54, 1.807) is 0 Å². The van der Waals surface area contributed by atoms with E-state index >= 15 is 0 Å². The van der Waals surface area contributed by atoms with Crippen molar-refractivity contribution in [2.75, 3.05) is 19.6 Å². The standard InChI is InChI=1S/C12H20N2O/c1-3-8-13-12(15)11(2)14-9-6-4-5-7-10-14/h1,11H,4-10H2,2H3,(H,13,15). The molecular formula is C12H20N2O. The van der Waals surface area contributed by atoms with Crippen LogP contribution in [0.4, 0.5) is 0 Å². The van der Waals surface area contributed by atoms with E-state index in [0.717, 1.165) is 13.1 Å². The minimum absolute atomic E-state index is 0.0450. The van der Waals surface area contributed by atoms with E-state index < -0.39 is 0 Å². The molecule has 0 aromatic carbocycles. The molecule has 0 spiro atoms. The average molecular weight is 208 g/mol. The maximum absolute atomic E-state index is 11.7. The Labute approximate surface area is 92.2 Å². The lowest BCUT2D eigenvalue weighted by molar-refractivity contribution is -0.125. The van der Waals surface area contributed by atoms with Crippen LogP contribution in [0.2, 0.25) is 0 Å². The molecule has 1 N–H and O–H groups in total. The number of nitrogens with zero attached hydrogens (tertiary/aromatic N) is 1. The van der Waals surface area contributed by atoms with Crippen LogP contribution in [-0.4, -0.2) is 36.5 Å². The van der Waals surface area contributed by atoms with Gasteiger partial charge in [-0.2, -0.15) is 0 Å². The Morgan fingerprint density at radius 1 is 1.40 bits per heavy atom. The Morgan fingerprint density at radius 3 is 2.53 bits per heavy atom. The second-order valence-corrected chi connectivity index (χ2v) is 4.05. The van der Waals surface area contributed by atoms with Gasteiger partial charge in [0.15, 0.2) is 0 Å². The van der Waals surface area contributed by atoms with Crippen LogP contribution >= 0.6 is 0 Å². The first-order valence-corrected chi connectivity index (χ1v) is 5.71. The third-order valence-electron chi connectivity index (χ3n) is 2.93. The molecule has 1 saturated heterocycles. The lowest BCUT2D eigenvalue weighted by Gasteiger charge is -2.26. The van der Waals surface area contributed by atoms with Gasteiger partial charge in [-0.1, -0.05) is 18.8 Å². The zero-order chi connectivity index (χ0) is 11.1. The predicted octanol–water partition coefficient (Wildman–Crippen LogP) is 1.00. The zero-order valence-electron chi connectivity index (χ0n) is 9.46. The second-order valence-electron chi connectivity index (χ2n) is 4.05. The average Bonchev–Trinajstić information content (AvgIpc) is 2.53.